The predicted octanol–water partition coefficient (Wildman–Crippen LogP) is 4.35. The first-order chi connectivity index (χ1) is 17.7. The molecule has 2 amide bonds. The van der Waals surface area contributed by atoms with Gasteiger partial charge < -0.3 is 20.3 Å². The fourth-order valence-corrected chi connectivity index (χ4v) is 5.81. The second-order valence-corrected chi connectivity index (χ2v) is 10.6. The number of primary amides is 1. The van der Waals surface area contributed by atoms with E-state index in [0.29, 0.717) is 43.6 Å². The van der Waals surface area contributed by atoms with E-state index in [1.165, 1.54) is 16.2 Å². The van der Waals surface area contributed by atoms with Crippen molar-refractivity contribution in [2.45, 2.75) is 26.7 Å². The molecule has 1 aliphatic rings. The number of aryl methyl sites for hydroxylation is 1. The maximum atomic E-state index is 12.0. The van der Waals surface area contributed by atoms with E-state index in [1.54, 1.807) is 19.3 Å². The van der Waals surface area contributed by atoms with Gasteiger partial charge in [-0.1, -0.05) is 11.3 Å². The molecule has 10 nitrogen and oxygen atoms in total. The number of rotatable bonds is 6. The van der Waals surface area contributed by atoms with Gasteiger partial charge in [-0.25, -0.2) is 19.7 Å². The van der Waals surface area contributed by atoms with E-state index < -0.39 is 17.4 Å². The minimum absolute atomic E-state index is 0.429. The van der Waals surface area contributed by atoms with E-state index >= 15 is 0 Å². The zero-order valence-corrected chi connectivity index (χ0v) is 21.8. The van der Waals surface area contributed by atoms with Gasteiger partial charge in [-0.05, 0) is 56.5 Å². The average molecular weight is 520 g/mol. The minimum Gasteiger partial charge on any atom is -0.481 e. The Kier molecular flexibility index (Phi) is 6.32. The molecule has 1 aliphatic heterocycles. The number of nitrogens with zero attached hydrogens (tertiary/aromatic N) is 6. The van der Waals surface area contributed by atoms with Crippen LogP contribution in [0.25, 0.3) is 32.6 Å². The van der Waals surface area contributed by atoms with Crippen molar-refractivity contribution in [1.82, 2.24) is 19.5 Å². The number of carbonyl (C=O) groups excluding carboxylic acids is 1. The summed E-state index contributed by atoms with van der Waals surface area (Å²) in [6.45, 7) is 5.29. The standard InChI is InChI=1S/C26H29N7O3S/c1-4-33(23(27)36)25-30-19-13-16(12-18(21(19)37-25)20-6-5-9-31(20)3)17-14-28-24(29-15-17)32-10-7-26(2,8-11-32)22(34)35/h5-6,9,12-15H,4,7-8,10-11H2,1-3H3,(H2,27,36)(H,34,35). The van der Waals surface area contributed by atoms with Crippen LogP contribution in [0.5, 0.6) is 0 Å². The summed E-state index contributed by atoms with van der Waals surface area (Å²) >= 11 is 1.44. The fourth-order valence-electron chi connectivity index (χ4n) is 4.67. The van der Waals surface area contributed by atoms with Crippen molar-refractivity contribution in [3.8, 4) is 22.4 Å². The van der Waals surface area contributed by atoms with Crippen LogP contribution in [-0.2, 0) is 11.8 Å². The van der Waals surface area contributed by atoms with Gasteiger partial charge in [-0.2, -0.15) is 0 Å². The van der Waals surface area contributed by atoms with Crippen LogP contribution < -0.4 is 15.5 Å². The average Bonchev–Trinajstić information content (AvgIpc) is 3.50. The highest BCUT2D eigenvalue weighted by atomic mass is 32.1. The number of urea groups is 1. The maximum Gasteiger partial charge on any atom is 0.321 e. The Morgan fingerprint density at radius 1 is 1.19 bits per heavy atom. The summed E-state index contributed by atoms with van der Waals surface area (Å²) in [5.41, 5.74) is 9.42. The lowest BCUT2D eigenvalue weighted by Gasteiger charge is -2.36. The maximum absolute atomic E-state index is 12.0. The van der Waals surface area contributed by atoms with Crippen molar-refractivity contribution in [1.29, 1.82) is 0 Å². The number of fused-ring (bicyclic) bond motifs is 1. The number of hydrogen-bond acceptors (Lipinski definition) is 7. The largest absolute Gasteiger partial charge is 0.481 e. The van der Waals surface area contributed by atoms with Gasteiger partial charge in [0.1, 0.15) is 0 Å². The molecule has 0 bridgehead atoms. The lowest BCUT2D eigenvalue weighted by molar-refractivity contribution is -0.149. The number of carbonyl (C=O) groups is 2. The van der Waals surface area contributed by atoms with E-state index in [1.807, 2.05) is 47.8 Å². The molecule has 0 spiro atoms. The number of piperidine rings is 1. The summed E-state index contributed by atoms with van der Waals surface area (Å²) in [5.74, 6) is -0.160. The second-order valence-electron chi connectivity index (χ2n) is 9.58. The van der Waals surface area contributed by atoms with Crippen LogP contribution in [-0.4, -0.2) is 56.3 Å². The molecule has 0 radical (unpaired) electrons. The lowest BCUT2D eigenvalue weighted by Crippen LogP contribution is -2.43. The number of hydrogen-bond donors (Lipinski definition) is 2. The first-order valence-corrected chi connectivity index (χ1v) is 13.0. The Bertz CT molecular complexity index is 1470. The van der Waals surface area contributed by atoms with Crippen LogP contribution >= 0.6 is 11.3 Å². The van der Waals surface area contributed by atoms with Gasteiger partial charge in [0.25, 0.3) is 0 Å². The smallest absolute Gasteiger partial charge is 0.321 e. The molecular weight excluding hydrogens is 490 g/mol. The summed E-state index contributed by atoms with van der Waals surface area (Å²) in [5, 5.41) is 10.0. The number of benzene rings is 1. The molecule has 1 saturated heterocycles. The highest BCUT2D eigenvalue weighted by molar-refractivity contribution is 7.23. The molecule has 0 atom stereocenters. The van der Waals surface area contributed by atoms with E-state index in [4.69, 9.17) is 10.7 Å². The third-order valence-corrected chi connectivity index (χ3v) is 8.28. The third kappa shape index (κ3) is 4.50. The summed E-state index contributed by atoms with van der Waals surface area (Å²) in [6, 6.07) is 7.58. The van der Waals surface area contributed by atoms with Crippen molar-refractivity contribution in [3.63, 3.8) is 0 Å². The normalized spacial score (nSPS) is 15.2. The van der Waals surface area contributed by atoms with Gasteiger partial charge >= 0.3 is 12.0 Å². The number of carboxylic acids is 1. The predicted molar refractivity (Wildman–Crippen MR) is 145 cm³/mol. The molecule has 37 heavy (non-hydrogen) atoms. The fraction of sp³-hybridized carbons (Fsp3) is 0.346. The monoisotopic (exact) mass is 519 g/mol. The minimum atomic E-state index is -0.754. The van der Waals surface area contributed by atoms with Crippen LogP contribution in [0.15, 0.2) is 42.9 Å². The second kappa shape index (κ2) is 9.47. The molecule has 1 fully saturated rings. The van der Waals surface area contributed by atoms with Crippen molar-refractivity contribution in [2.24, 2.45) is 18.2 Å². The number of nitrogens with two attached hydrogens (primary N) is 1. The molecule has 192 valence electrons. The number of aliphatic carboxylic acids is 1. The molecule has 0 aliphatic carbocycles. The Morgan fingerprint density at radius 2 is 1.89 bits per heavy atom. The van der Waals surface area contributed by atoms with Gasteiger partial charge in [0.15, 0.2) is 5.13 Å². The molecule has 5 rings (SSSR count). The van der Waals surface area contributed by atoms with E-state index in [9.17, 15) is 14.7 Å². The lowest BCUT2D eigenvalue weighted by atomic mass is 9.80. The number of carboxylic acid groups (broad SMARTS) is 1. The molecule has 4 aromatic rings. The van der Waals surface area contributed by atoms with Crippen LogP contribution in [0.1, 0.15) is 26.7 Å². The molecule has 3 aromatic heterocycles. The van der Waals surface area contributed by atoms with E-state index in [0.717, 1.165) is 32.6 Å². The molecule has 4 heterocycles. The zero-order chi connectivity index (χ0) is 26.3. The molecule has 0 saturated carbocycles. The van der Waals surface area contributed by atoms with Crippen LogP contribution in [0.2, 0.25) is 0 Å². The van der Waals surface area contributed by atoms with Crippen LogP contribution in [0.3, 0.4) is 0 Å². The Morgan fingerprint density at radius 3 is 2.46 bits per heavy atom. The van der Waals surface area contributed by atoms with Gasteiger partial charge in [-0.3, -0.25) is 9.69 Å². The molecule has 1 aromatic carbocycles. The van der Waals surface area contributed by atoms with Crippen molar-refractivity contribution >= 4 is 44.6 Å². The first kappa shape index (κ1) is 24.7. The highest BCUT2D eigenvalue weighted by Gasteiger charge is 2.37. The number of amides is 2. The molecule has 0 unspecified atom stereocenters. The van der Waals surface area contributed by atoms with E-state index in [2.05, 4.69) is 16.0 Å². The number of anilines is 2. The van der Waals surface area contributed by atoms with Gasteiger partial charge in [0, 0.05) is 62.1 Å². The summed E-state index contributed by atoms with van der Waals surface area (Å²) in [7, 11) is 1.99. The van der Waals surface area contributed by atoms with Gasteiger partial charge in [0.2, 0.25) is 5.95 Å². The summed E-state index contributed by atoms with van der Waals surface area (Å²) < 4.78 is 3.01. The topological polar surface area (TPSA) is 130 Å². The van der Waals surface area contributed by atoms with Crippen molar-refractivity contribution in [2.75, 3.05) is 29.4 Å². The third-order valence-electron chi connectivity index (χ3n) is 7.15. The molecule has 11 heteroatoms. The highest BCUT2D eigenvalue weighted by Crippen LogP contribution is 2.40. The summed E-state index contributed by atoms with van der Waals surface area (Å²) in [4.78, 5) is 41.0. The number of thiazole rings is 1. The van der Waals surface area contributed by atoms with Crippen LogP contribution in [0.4, 0.5) is 15.9 Å². The zero-order valence-electron chi connectivity index (χ0n) is 21.0. The molecule has 3 N–H and O–H groups in total. The van der Waals surface area contributed by atoms with E-state index in [-0.39, 0.29) is 0 Å². The van der Waals surface area contributed by atoms with Crippen molar-refractivity contribution in [3.05, 3.63) is 42.9 Å². The number of aromatic nitrogens is 4. The van der Waals surface area contributed by atoms with Crippen molar-refractivity contribution < 1.29 is 14.7 Å². The Labute approximate surface area is 218 Å². The first-order valence-electron chi connectivity index (χ1n) is 12.1. The summed E-state index contributed by atoms with van der Waals surface area (Å²) in [6.07, 6.45) is 6.67. The Hall–Kier alpha value is -3.99. The SMILES string of the molecule is CCN(C(N)=O)c1nc2cc(-c3cnc(N4CCC(C)(C(=O)O)CC4)nc3)cc(-c3cccn3C)c2s1. The van der Waals surface area contributed by atoms with Gasteiger partial charge in [0.05, 0.1) is 15.6 Å². The Balaban J connectivity index is 1.51. The molecular formula is C26H29N7O3S. The van der Waals surface area contributed by atoms with Gasteiger partial charge in [-0.15, -0.1) is 0 Å². The van der Waals surface area contributed by atoms with Crippen LogP contribution in [0, 0.1) is 5.41 Å². The quantitative estimate of drug-likeness (QED) is 0.387.